The maximum absolute atomic E-state index is 15.0. The Morgan fingerprint density at radius 1 is 0.836 bits per heavy atom. The monoisotopic (exact) mass is 786 g/mol. The number of piperidine rings is 1. The van der Waals surface area contributed by atoms with Gasteiger partial charge >= 0.3 is 6.03 Å². The van der Waals surface area contributed by atoms with Gasteiger partial charge in [0.05, 0.1) is 17.3 Å². The average molecular weight is 787 g/mol. The highest BCUT2D eigenvalue weighted by molar-refractivity contribution is 7.89. The normalized spacial score (nSPS) is 29.0. The summed E-state index contributed by atoms with van der Waals surface area (Å²) in [5, 5.41) is 11.9. The fraction of sp³-hybridized carbons (Fsp3) is 0.878. The third kappa shape index (κ3) is 8.89. The summed E-state index contributed by atoms with van der Waals surface area (Å²) in [6.07, 6.45) is 14.5. The van der Waals surface area contributed by atoms with Crippen LogP contribution in [0.2, 0.25) is 0 Å². The number of rotatable bonds is 17. The van der Waals surface area contributed by atoms with Gasteiger partial charge in [-0.05, 0) is 99.2 Å². The fourth-order valence-electron chi connectivity index (χ4n) is 10.4. The molecule has 55 heavy (non-hydrogen) atoms. The second kappa shape index (κ2) is 15.5. The molecule has 7 fully saturated rings. The maximum atomic E-state index is 15.0. The van der Waals surface area contributed by atoms with Crippen molar-refractivity contribution in [2.45, 2.75) is 179 Å². The Hall–Kier alpha value is -2.74. The van der Waals surface area contributed by atoms with Gasteiger partial charge in [0.1, 0.15) is 12.1 Å². The van der Waals surface area contributed by atoms with Crippen molar-refractivity contribution < 1.29 is 32.4 Å². The molecule has 308 valence electrons. The summed E-state index contributed by atoms with van der Waals surface area (Å²) in [7, 11) is -3.64. The van der Waals surface area contributed by atoms with E-state index in [0.29, 0.717) is 44.7 Å². The molecule has 5 atom stereocenters. The number of Topliss-reactive ketones (excluding diaryl/α,β-unsaturated/α-hetero) is 1. The summed E-state index contributed by atoms with van der Waals surface area (Å²) in [5.74, 6) is -1.86. The van der Waals surface area contributed by atoms with Crippen molar-refractivity contribution in [3.8, 4) is 0 Å². The lowest BCUT2D eigenvalue weighted by Gasteiger charge is -2.44. The number of ketones is 1. The maximum Gasteiger partial charge on any atom is 0.315 e. The highest BCUT2D eigenvalue weighted by atomic mass is 32.2. The fourth-order valence-corrected chi connectivity index (χ4v) is 12.7. The van der Waals surface area contributed by atoms with Gasteiger partial charge in [0.25, 0.3) is 5.91 Å². The lowest BCUT2D eigenvalue weighted by Crippen LogP contribution is -2.65. The van der Waals surface area contributed by atoms with Crippen LogP contribution in [0.1, 0.15) is 143 Å². The number of hydrogen-bond acceptors (Lipinski definition) is 7. The van der Waals surface area contributed by atoms with Crippen LogP contribution in [-0.4, -0.2) is 102 Å². The molecule has 7 rings (SSSR count). The second-order valence-corrected chi connectivity index (χ2v) is 21.4. The first-order chi connectivity index (χ1) is 26.1. The lowest BCUT2D eigenvalue weighted by molar-refractivity contribution is -0.146. The molecule has 4 N–H and O–H groups in total. The number of carbonyl (C=O) groups excluding carboxylic acids is 5. The molecule has 0 bridgehead atoms. The Balaban J connectivity index is 1.10. The Morgan fingerprint density at radius 3 is 2.05 bits per heavy atom. The van der Waals surface area contributed by atoms with Crippen molar-refractivity contribution in [1.82, 2.24) is 30.5 Å². The van der Waals surface area contributed by atoms with E-state index in [-0.39, 0.29) is 41.0 Å². The number of nitrogens with one attached hydrogen (secondary N) is 4. The quantitative estimate of drug-likeness (QED) is 0.160. The van der Waals surface area contributed by atoms with Gasteiger partial charge < -0.3 is 26.2 Å². The highest BCUT2D eigenvalue weighted by Gasteiger charge is 2.70. The van der Waals surface area contributed by atoms with E-state index in [0.717, 1.165) is 89.9 Å². The van der Waals surface area contributed by atoms with E-state index in [2.05, 4.69) is 35.1 Å². The Bertz CT molecular complexity index is 1610. The third-order valence-electron chi connectivity index (χ3n) is 14.4. The number of fused-ring (bicyclic) bond motifs is 1. The molecule has 0 spiro atoms. The van der Waals surface area contributed by atoms with Gasteiger partial charge in [-0.2, -0.15) is 4.31 Å². The number of urea groups is 1. The van der Waals surface area contributed by atoms with Crippen LogP contribution in [0.4, 0.5) is 4.79 Å². The van der Waals surface area contributed by atoms with E-state index in [1.54, 1.807) is 9.21 Å². The summed E-state index contributed by atoms with van der Waals surface area (Å²) in [6.45, 7) is 9.06. The molecule has 6 saturated carbocycles. The summed E-state index contributed by atoms with van der Waals surface area (Å²) >= 11 is 0. The number of hydrogen-bond donors (Lipinski definition) is 4. The first-order valence-electron chi connectivity index (χ1n) is 21.6. The molecule has 0 radical (unpaired) electrons. The zero-order valence-electron chi connectivity index (χ0n) is 33.6. The molecule has 5 amide bonds. The summed E-state index contributed by atoms with van der Waals surface area (Å²) in [5.41, 5.74) is -1.70. The molecule has 0 aromatic carbocycles. The van der Waals surface area contributed by atoms with Gasteiger partial charge in [-0.1, -0.05) is 72.6 Å². The second-order valence-electron chi connectivity index (χ2n) is 19.4. The predicted octanol–water partition coefficient (Wildman–Crippen LogP) is 4.15. The van der Waals surface area contributed by atoms with E-state index in [9.17, 15) is 27.6 Å². The third-order valence-corrected chi connectivity index (χ3v) is 16.5. The molecule has 1 saturated heterocycles. The van der Waals surface area contributed by atoms with Crippen LogP contribution in [0, 0.1) is 28.6 Å². The molecule has 6 aliphatic carbocycles. The van der Waals surface area contributed by atoms with Gasteiger partial charge in [-0.15, -0.1) is 0 Å². The van der Waals surface area contributed by atoms with E-state index < -0.39 is 62.7 Å². The van der Waals surface area contributed by atoms with Crippen LogP contribution in [0.15, 0.2) is 0 Å². The largest absolute Gasteiger partial charge is 0.347 e. The molecular formula is C41H66N6O7S. The molecule has 0 aromatic rings. The minimum absolute atomic E-state index is 0.00957. The minimum Gasteiger partial charge on any atom is -0.347 e. The van der Waals surface area contributed by atoms with E-state index >= 15 is 4.79 Å². The summed E-state index contributed by atoms with van der Waals surface area (Å²) < 4.78 is 29.9. The summed E-state index contributed by atoms with van der Waals surface area (Å²) in [4.78, 5) is 71.2. The van der Waals surface area contributed by atoms with Crippen molar-refractivity contribution in [3.63, 3.8) is 0 Å². The zero-order valence-corrected chi connectivity index (χ0v) is 34.4. The molecular weight excluding hydrogens is 721 g/mol. The van der Waals surface area contributed by atoms with Crippen molar-refractivity contribution >= 4 is 39.6 Å². The number of amides is 5. The Morgan fingerprint density at radius 2 is 1.47 bits per heavy atom. The zero-order chi connectivity index (χ0) is 39.3. The minimum atomic E-state index is -3.64. The SMILES string of the molecule is CCC[C@H](NC(=O)[C@@H]1[C@@H]2[C@H](CN1C(=O)[C@@H](NC(=O)NC1(CS(=O)(=O)N(CC3CC3)C3CC3)CCCCC1)C1(C)CCCCC1)C2(C)C)C(=O)C(=O)NC1CC1. The number of carbonyl (C=O) groups is 5. The van der Waals surface area contributed by atoms with E-state index in [1.165, 1.54) is 0 Å². The molecule has 0 unspecified atom stereocenters. The standard InChI is InChI=1S/C41H66N6O7S/c1-5-12-30(33(48)36(50)42-27-15-16-27)43-35(49)32-31-29(39(31,2)3)24-46(32)37(51)34(40(4)19-8-6-9-20-40)44-38(52)45-41(21-10-7-11-22-41)25-55(53,54)47(28-17-18-28)23-26-13-14-26/h26-32,34H,5-25H2,1-4H3,(H,42,50)(H,43,49)(H2,44,45,52)/t29-,30-,31-,32-,34+/m0/s1. The Labute approximate surface area is 328 Å². The first kappa shape index (κ1) is 40.5. The van der Waals surface area contributed by atoms with Crippen LogP contribution >= 0.6 is 0 Å². The topological polar surface area (TPSA) is 174 Å². The Kier molecular flexibility index (Phi) is 11.4. The van der Waals surface area contributed by atoms with Crippen molar-refractivity contribution in [1.29, 1.82) is 0 Å². The van der Waals surface area contributed by atoms with Crippen LogP contribution in [-0.2, 0) is 29.2 Å². The van der Waals surface area contributed by atoms with Crippen LogP contribution in [0.3, 0.4) is 0 Å². The lowest BCUT2D eigenvalue weighted by atomic mass is 9.70. The molecule has 13 nitrogen and oxygen atoms in total. The molecule has 1 aliphatic heterocycles. The smallest absolute Gasteiger partial charge is 0.315 e. The highest BCUT2D eigenvalue weighted by Crippen LogP contribution is 2.65. The average Bonchev–Trinajstić information content (AvgIpc) is 3.93. The van der Waals surface area contributed by atoms with Gasteiger partial charge in [0, 0.05) is 25.2 Å². The first-order valence-corrected chi connectivity index (χ1v) is 23.2. The van der Waals surface area contributed by atoms with Crippen molar-refractivity contribution in [2.24, 2.45) is 28.6 Å². The number of sulfonamides is 1. The van der Waals surface area contributed by atoms with E-state index in [4.69, 9.17) is 0 Å². The van der Waals surface area contributed by atoms with Gasteiger partial charge in [0.2, 0.25) is 27.6 Å². The van der Waals surface area contributed by atoms with Gasteiger partial charge in [-0.3, -0.25) is 19.2 Å². The molecule has 1 heterocycles. The van der Waals surface area contributed by atoms with Crippen molar-refractivity contribution in [3.05, 3.63) is 0 Å². The van der Waals surface area contributed by atoms with Gasteiger partial charge in [-0.25, -0.2) is 13.2 Å². The van der Waals surface area contributed by atoms with E-state index in [1.807, 2.05) is 13.8 Å². The molecule has 0 aromatic heterocycles. The number of nitrogens with zero attached hydrogens (tertiary/aromatic N) is 2. The summed E-state index contributed by atoms with van der Waals surface area (Å²) in [6, 6.07) is -3.24. The van der Waals surface area contributed by atoms with Crippen molar-refractivity contribution in [2.75, 3.05) is 18.8 Å². The van der Waals surface area contributed by atoms with Crippen LogP contribution in [0.5, 0.6) is 0 Å². The van der Waals surface area contributed by atoms with Crippen LogP contribution < -0.4 is 21.3 Å². The number of likely N-dealkylation sites (tertiary alicyclic amines) is 1. The molecule has 7 aliphatic rings. The van der Waals surface area contributed by atoms with Crippen LogP contribution in [0.25, 0.3) is 0 Å². The molecule has 14 heteroatoms. The predicted molar refractivity (Wildman–Crippen MR) is 208 cm³/mol. The van der Waals surface area contributed by atoms with Gasteiger partial charge in [0.15, 0.2) is 0 Å².